The molecule has 2 heterocycles. The maximum absolute atomic E-state index is 11.9. The fraction of sp³-hybridized carbons (Fsp3) is 0.429. The minimum atomic E-state index is -0.592. The van der Waals surface area contributed by atoms with E-state index in [9.17, 15) is 4.79 Å². The van der Waals surface area contributed by atoms with Crippen molar-refractivity contribution in [2.45, 2.75) is 40.2 Å². The van der Waals surface area contributed by atoms with Crippen molar-refractivity contribution >= 4 is 27.8 Å². The van der Waals surface area contributed by atoms with E-state index >= 15 is 0 Å². The average molecular weight is 368 g/mol. The number of ether oxygens (including phenoxy) is 1. The summed E-state index contributed by atoms with van der Waals surface area (Å²) in [4.78, 5) is 20.5. The van der Waals surface area contributed by atoms with Gasteiger partial charge in [0.05, 0.1) is 11.9 Å². The Kier molecular flexibility index (Phi) is 4.50. The summed E-state index contributed by atoms with van der Waals surface area (Å²) in [6.45, 7) is 9.17. The number of anilines is 1. The zero-order valence-corrected chi connectivity index (χ0v) is 14.7. The van der Waals surface area contributed by atoms with Gasteiger partial charge in [-0.25, -0.2) is 19.4 Å². The van der Waals surface area contributed by atoms with Gasteiger partial charge in [0.2, 0.25) is 0 Å². The van der Waals surface area contributed by atoms with Crippen LogP contribution in [-0.2, 0) is 4.74 Å². The smallest absolute Gasteiger partial charge is 0.413 e. The molecule has 0 atom stereocenters. The lowest BCUT2D eigenvalue weighted by Crippen LogP contribution is -2.28. The Hall–Kier alpha value is -1.96. The van der Waals surface area contributed by atoms with Gasteiger partial charge < -0.3 is 4.74 Å². The molecule has 0 fully saturated rings. The molecular formula is C14H18BrN5O2. The van der Waals surface area contributed by atoms with Gasteiger partial charge in [0.15, 0.2) is 11.6 Å². The third-order valence-corrected chi connectivity index (χ3v) is 2.94. The van der Waals surface area contributed by atoms with Crippen LogP contribution in [0.5, 0.6) is 0 Å². The van der Waals surface area contributed by atoms with Gasteiger partial charge in [0, 0.05) is 5.69 Å². The normalized spacial score (nSPS) is 11.4. The van der Waals surface area contributed by atoms with Gasteiger partial charge in [-0.2, -0.15) is 5.10 Å². The minimum absolute atomic E-state index is 0.281. The van der Waals surface area contributed by atoms with Crippen molar-refractivity contribution in [2.75, 3.05) is 5.32 Å². The Morgan fingerprint density at radius 1 is 1.36 bits per heavy atom. The second-order valence-electron chi connectivity index (χ2n) is 5.83. The van der Waals surface area contributed by atoms with E-state index in [0.717, 1.165) is 11.4 Å². The van der Waals surface area contributed by atoms with Crippen molar-refractivity contribution in [2.24, 2.45) is 0 Å². The van der Waals surface area contributed by atoms with E-state index < -0.39 is 11.7 Å². The van der Waals surface area contributed by atoms with E-state index in [1.165, 1.54) is 6.20 Å². The number of rotatable bonds is 2. The lowest BCUT2D eigenvalue weighted by atomic mass is 10.2. The number of aryl methyl sites for hydroxylation is 2. The van der Waals surface area contributed by atoms with Gasteiger partial charge in [-0.3, -0.25) is 5.32 Å². The highest BCUT2D eigenvalue weighted by atomic mass is 79.9. The molecule has 1 N–H and O–H groups in total. The number of carbonyl (C=O) groups excluding carboxylic acids is 1. The van der Waals surface area contributed by atoms with E-state index in [1.807, 2.05) is 19.9 Å². The maximum atomic E-state index is 11.9. The molecule has 2 aromatic heterocycles. The summed E-state index contributed by atoms with van der Waals surface area (Å²) in [6.07, 6.45) is 0.911. The van der Waals surface area contributed by atoms with Crippen LogP contribution in [0.1, 0.15) is 32.2 Å². The lowest BCUT2D eigenvalue weighted by Gasteiger charge is -2.20. The number of amides is 1. The summed E-state index contributed by atoms with van der Waals surface area (Å²) in [5, 5.41) is 6.98. The first-order valence-electron chi connectivity index (χ1n) is 6.72. The Morgan fingerprint density at radius 2 is 2.05 bits per heavy atom. The Bertz CT molecular complexity index is 706. The quantitative estimate of drug-likeness (QED) is 0.879. The molecule has 1 amide bonds. The van der Waals surface area contributed by atoms with Crippen LogP contribution < -0.4 is 5.32 Å². The fourth-order valence-corrected chi connectivity index (χ4v) is 2.11. The first-order valence-corrected chi connectivity index (χ1v) is 7.51. The molecular weight excluding hydrogens is 350 g/mol. The van der Waals surface area contributed by atoms with E-state index in [-0.39, 0.29) is 5.82 Å². The molecule has 0 unspecified atom stereocenters. The highest BCUT2D eigenvalue weighted by molar-refractivity contribution is 9.10. The van der Waals surface area contributed by atoms with Crippen LogP contribution in [0.3, 0.4) is 0 Å². The standard InChI is InChI=1S/C14H18BrN5O2/c1-8-6-9(2)20(19-8)12-11(16-7-10(15)17-12)18-13(21)22-14(3,4)5/h6-7H,1-5H3,(H,16,18,21). The molecule has 7 nitrogen and oxygen atoms in total. The first kappa shape index (κ1) is 16.4. The molecule has 0 aromatic carbocycles. The molecule has 2 rings (SSSR count). The Balaban J connectivity index is 2.37. The summed E-state index contributed by atoms with van der Waals surface area (Å²) in [6, 6.07) is 1.92. The van der Waals surface area contributed by atoms with Gasteiger partial charge in [0.1, 0.15) is 10.2 Å². The maximum Gasteiger partial charge on any atom is 0.413 e. The van der Waals surface area contributed by atoms with Gasteiger partial charge in [0.25, 0.3) is 0 Å². The molecule has 0 spiro atoms. The fourth-order valence-electron chi connectivity index (χ4n) is 1.84. The van der Waals surface area contributed by atoms with Crippen LogP contribution in [0, 0.1) is 13.8 Å². The number of aromatic nitrogens is 4. The summed E-state index contributed by atoms with van der Waals surface area (Å²) < 4.78 is 7.41. The average Bonchev–Trinajstić information content (AvgIpc) is 2.68. The number of carbonyl (C=O) groups is 1. The molecule has 0 aliphatic rings. The summed E-state index contributed by atoms with van der Waals surface area (Å²) >= 11 is 3.28. The molecule has 0 aliphatic carbocycles. The predicted octanol–water partition coefficient (Wildman–Crippen LogP) is 3.39. The molecule has 0 bridgehead atoms. The number of hydrogen-bond acceptors (Lipinski definition) is 5. The van der Waals surface area contributed by atoms with Gasteiger partial charge in [-0.15, -0.1) is 0 Å². The van der Waals surface area contributed by atoms with Crippen LogP contribution in [0.15, 0.2) is 16.9 Å². The van der Waals surface area contributed by atoms with Crippen molar-refractivity contribution < 1.29 is 9.53 Å². The molecule has 0 aliphatic heterocycles. The monoisotopic (exact) mass is 367 g/mol. The molecule has 0 saturated carbocycles. The van der Waals surface area contributed by atoms with Crippen molar-refractivity contribution in [1.29, 1.82) is 0 Å². The van der Waals surface area contributed by atoms with Crippen LogP contribution in [0.4, 0.5) is 10.6 Å². The largest absolute Gasteiger partial charge is 0.444 e. The summed E-state index contributed by atoms with van der Waals surface area (Å²) in [5.74, 6) is 0.703. The second kappa shape index (κ2) is 6.04. The van der Waals surface area contributed by atoms with Gasteiger partial charge in [-0.1, -0.05) is 0 Å². The van der Waals surface area contributed by atoms with Crippen molar-refractivity contribution in [3.63, 3.8) is 0 Å². The number of hydrogen-bond donors (Lipinski definition) is 1. The zero-order chi connectivity index (χ0) is 16.5. The second-order valence-corrected chi connectivity index (χ2v) is 6.64. The zero-order valence-electron chi connectivity index (χ0n) is 13.1. The van der Waals surface area contributed by atoms with Crippen molar-refractivity contribution in [3.8, 4) is 5.82 Å². The summed E-state index contributed by atoms with van der Waals surface area (Å²) in [7, 11) is 0. The topological polar surface area (TPSA) is 81.9 Å². The highest BCUT2D eigenvalue weighted by Gasteiger charge is 2.20. The number of halogens is 1. The van der Waals surface area contributed by atoms with E-state index in [0.29, 0.717) is 10.4 Å². The SMILES string of the molecule is Cc1cc(C)n(-c2nc(Br)cnc2NC(=O)OC(C)(C)C)n1. The van der Waals surface area contributed by atoms with E-state index in [1.54, 1.807) is 25.5 Å². The minimum Gasteiger partial charge on any atom is -0.444 e. The predicted molar refractivity (Wildman–Crippen MR) is 86.2 cm³/mol. The molecule has 0 radical (unpaired) electrons. The Labute approximate surface area is 137 Å². The Morgan fingerprint density at radius 3 is 2.59 bits per heavy atom. The third kappa shape index (κ3) is 4.03. The van der Waals surface area contributed by atoms with Crippen LogP contribution >= 0.6 is 15.9 Å². The van der Waals surface area contributed by atoms with Crippen LogP contribution in [0.2, 0.25) is 0 Å². The highest BCUT2D eigenvalue weighted by Crippen LogP contribution is 2.20. The van der Waals surface area contributed by atoms with E-state index in [2.05, 4.69) is 36.3 Å². The number of nitrogens with zero attached hydrogens (tertiary/aromatic N) is 4. The molecule has 0 saturated heterocycles. The lowest BCUT2D eigenvalue weighted by molar-refractivity contribution is 0.0635. The van der Waals surface area contributed by atoms with Gasteiger partial charge >= 0.3 is 6.09 Å². The number of nitrogens with one attached hydrogen (secondary N) is 1. The van der Waals surface area contributed by atoms with Gasteiger partial charge in [-0.05, 0) is 56.6 Å². The van der Waals surface area contributed by atoms with Crippen molar-refractivity contribution in [1.82, 2.24) is 19.7 Å². The first-order chi connectivity index (χ1) is 10.2. The molecule has 118 valence electrons. The molecule has 2 aromatic rings. The van der Waals surface area contributed by atoms with Crippen LogP contribution in [-0.4, -0.2) is 31.4 Å². The van der Waals surface area contributed by atoms with E-state index in [4.69, 9.17) is 4.74 Å². The third-order valence-electron chi connectivity index (χ3n) is 2.55. The van der Waals surface area contributed by atoms with Crippen molar-refractivity contribution in [3.05, 3.63) is 28.3 Å². The van der Waals surface area contributed by atoms with Crippen LogP contribution in [0.25, 0.3) is 5.82 Å². The molecule has 8 heteroatoms. The summed E-state index contributed by atoms with van der Waals surface area (Å²) in [5.41, 5.74) is 1.14. The molecule has 22 heavy (non-hydrogen) atoms.